The standard InChI is InChI=1S/C32H40N4O7S/c1-21-6-13-28(14-7-21)44(40,41)35(4)19-30-22(2)18-36(23(3)20-37)31(38)17-24-16-26(10-15-29(24)43-30)34-32(39)33-25-8-11-27(42-5)12-9-25/h6-16,22-23,30,37H,17-20H2,1-5H3,(H2,33,34,39)/t22-,23+,30-/m1/s1. The Hall–Kier alpha value is -4.13. The van der Waals surface area contributed by atoms with E-state index < -0.39 is 28.2 Å². The number of carbonyl (C=O) groups is 2. The van der Waals surface area contributed by atoms with Gasteiger partial charge in [-0.05, 0) is 68.4 Å². The summed E-state index contributed by atoms with van der Waals surface area (Å²) in [6, 6.07) is 17.6. The highest BCUT2D eigenvalue weighted by molar-refractivity contribution is 7.89. The molecule has 1 aliphatic heterocycles. The zero-order valence-electron chi connectivity index (χ0n) is 25.6. The minimum Gasteiger partial charge on any atom is -0.497 e. The molecule has 44 heavy (non-hydrogen) atoms. The van der Waals surface area contributed by atoms with E-state index in [1.165, 1.54) is 11.4 Å². The average Bonchev–Trinajstić information content (AvgIpc) is 3.04. The highest BCUT2D eigenvalue weighted by Gasteiger charge is 2.33. The first-order valence-corrected chi connectivity index (χ1v) is 15.8. The summed E-state index contributed by atoms with van der Waals surface area (Å²) >= 11 is 0. The van der Waals surface area contributed by atoms with Crippen LogP contribution in [0.15, 0.2) is 71.6 Å². The molecule has 1 heterocycles. The minimum atomic E-state index is -3.81. The summed E-state index contributed by atoms with van der Waals surface area (Å²) in [5.74, 6) is 0.567. The summed E-state index contributed by atoms with van der Waals surface area (Å²) in [5, 5.41) is 15.4. The number of aliphatic hydroxyl groups excluding tert-OH is 1. The molecule has 0 saturated heterocycles. The Morgan fingerprint density at radius 1 is 1.09 bits per heavy atom. The Bertz CT molecular complexity index is 1560. The largest absolute Gasteiger partial charge is 0.497 e. The summed E-state index contributed by atoms with van der Waals surface area (Å²) in [6.07, 6.45) is -0.665. The predicted octanol–water partition coefficient (Wildman–Crippen LogP) is 4.12. The maximum Gasteiger partial charge on any atom is 0.323 e. The number of nitrogens with one attached hydrogen (secondary N) is 2. The van der Waals surface area contributed by atoms with Gasteiger partial charge in [-0.3, -0.25) is 4.79 Å². The molecule has 0 aliphatic carbocycles. The number of anilines is 2. The lowest BCUT2D eigenvalue weighted by atomic mass is 10.0. The Labute approximate surface area is 258 Å². The maximum absolute atomic E-state index is 13.5. The number of sulfonamides is 1. The fourth-order valence-electron chi connectivity index (χ4n) is 4.93. The van der Waals surface area contributed by atoms with Gasteiger partial charge in [-0.2, -0.15) is 4.31 Å². The first-order chi connectivity index (χ1) is 20.9. The molecule has 0 bridgehead atoms. The zero-order chi connectivity index (χ0) is 32.0. The molecule has 0 fully saturated rings. The number of rotatable bonds is 9. The van der Waals surface area contributed by atoms with Crippen molar-refractivity contribution in [2.24, 2.45) is 5.92 Å². The molecule has 0 aromatic heterocycles. The van der Waals surface area contributed by atoms with Crippen molar-refractivity contribution < 1.29 is 32.6 Å². The number of hydrogen-bond donors (Lipinski definition) is 3. The number of urea groups is 1. The second kappa shape index (κ2) is 14.1. The molecule has 3 aromatic rings. The van der Waals surface area contributed by atoms with E-state index in [2.05, 4.69) is 10.6 Å². The lowest BCUT2D eigenvalue weighted by Crippen LogP contribution is -2.48. The monoisotopic (exact) mass is 624 g/mol. The van der Waals surface area contributed by atoms with Gasteiger partial charge >= 0.3 is 6.03 Å². The number of hydrogen-bond acceptors (Lipinski definition) is 7. The number of likely N-dealkylation sites (N-methyl/N-ethyl adjacent to an activating group) is 1. The molecular formula is C32H40N4O7S. The van der Waals surface area contributed by atoms with Crippen LogP contribution in [-0.4, -0.2) is 80.7 Å². The van der Waals surface area contributed by atoms with Crippen molar-refractivity contribution in [1.82, 2.24) is 9.21 Å². The quantitative estimate of drug-likeness (QED) is 0.326. The van der Waals surface area contributed by atoms with Gasteiger partial charge in [0.15, 0.2) is 0 Å². The van der Waals surface area contributed by atoms with Gasteiger partial charge in [0, 0.05) is 36.4 Å². The van der Waals surface area contributed by atoms with Gasteiger partial charge in [0.25, 0.3) is 0 Å². The van der Waals surface area contributed by atoms with Crippen molar-refractivity contribution in [2.45, 2.75) is 44.2 Å². The van der Waals surface area contributed by atoms with Crippen LogP contribution in [0.3, 0.4) is 0 Å². The fourth-order valence-corrected chi connectivity index (χ4v) is 6.12. The third kappa shape index (κ3) is 7.87. The molecule has 0 radical (unpaired) electrons. The number of amides is 3. The van der Waals surface area contributed by atoms with E-state index >= 15 is 0 Å². The Morgan fingerprint density at radius 3 is 2.36 bits per heavy atom. The van der Waals surface area contributed by atoms with Gasteiger partial charge in [-0.25, -0.2) is 13.2 Å². The number of ether oxygens (including phenoxy) is 2. The topological polar surface area (TPSA) is 138 Å². The molecule has 12 heteroatoms. The molecule has 3 N–H and O–H groups in total. The third-order valence-electron chi connectivity index (χ3n) is 7.69. The molecule has 11 nitrogen and oxygen atoms in total. The molecular weight excluding hydrogens is 584 g/mol. The predicted molar refractivity (Wildman–Crippen MR) is 169 cm³/mol. The first-order valence-electron chi connectivity index (χ1n) is 14.4. The molecule has 3 amide bonds. The van der Waals surface area contributed by atoms with Crippen LogP contribution in [0.5, 0.6) is 11.5 Å². The van der Waals surface area contributed by atoms with Crippen molar-refractivity contribution in [3.63, 3.8) is 0 Å². The Balaban J connectivity index is 1.60. The van der Waals surface area contributed by atoms with E-state index in [-0.39, 0.29) is 42.8 Å². The summed E-state index contributed by atoms with van der Waals surface area (Å²) in [6.45, 7) is 5.59. The molecule has 0 spiro atoms. The summed E-state index contributed by atoms with van der Waals surface area (Å²) in [4.78, 5) is 28.0. The normalized spacial score (nSPS) is 17.9. The van der Waals surface area contributed by atoms with Crippen LogP contribution >= 0.6 is 0 Å². The molecule has 4 rings (SSSR count). The zero-order valence-corrected chi connectivity index (χ0v) is 26.4. The Morgan fingerprint density at radius 2 is 1.73 bits per heavy atom. The summed E-state index contributed by atoms with van der Waals surface area (Å²) in [5.41, 5.74) is 2.48. The van der Waals surface area contributed by atoms with E-state index in [4.69, 9.17) is 9.47 Å². The van der Waals surface area contributed by atoms with Crippen LogP contribution in [0, 0.1) is 12.8 Å². The van der Waals surface area contributed by atoms with Crippen LogP contribution in [0.25, 0.3) is 0 Å². The Kier molecular flexibility index (Phi) is 10.5. The smallest absolute Gasteiger partial charge is 0.323 e. The van der Waals surface area contributed by atoms with E-state index in [0.29, 0.717) is 28.4 Å². The molecule has 3 atom stereocenters. The van der Waals surface area contributed by atoms with Crippen molar-refractivity contribution >= 4 is 33.3 Å². The van der Waals surface area contributed by atoms with Crippen LogP contribution in [-0.2, 0) is 21.2 Å². The molecule has 236 valence electrons. The molecule has 1 aliphatic rings. The lowest BCUT2D eigenvalue weighted by molar-refractivity contribution is -0.134. The SMILES string of the molecule is COc1ccc(NC(=O)Nc2ccc3c(c2)CC(=O)N([C@@H](C)CO)C[C@@H](C)[C@@H](CN(C)S(=O)(=O)c2ccc(C)cc2)O3)cc1. The third-order valence-corrected chi connectivity index (χ3v) is 9.53. The van der Waals surface area contributed by atoms with Gasteiger partial charge in [-0.15, -0.1) is 0 Å². The van der Waals surface area contributed by atoms with Crippen molar-refractivity contribution in [2.75, 3.05) is 44.5 Å². The van der Waals surface area contributed by atoms with Gasteiger partial charge in [0.1, 0.15) is 17.6 Å². The van der Waals surface area contributed by atoms with E-state index in [1.54, 1.807) is 85.7 Å². The van der Waals surface area contributed by atoms with Crippen molar-refractivity contribution in [3.8, 4) is 11.5 Å². The average molecular weight is 625 g/mol. The lowest BCUT2D eigenvalue weighted by Gasteiger charge is -2.33. The first kappa shape index (κ1) is 32.8. The maximum atomic E-state index is 13.5. The van der Waals surface area contributed by atoms with Gasteiger partial charge < -0.3 is 30.1 Å². The second-order valence-corrected chi connectivity index (χ2v) is 13.2. The van der Waals surface area contributed by atoms with Crippen LogP contribution in [0.2, 0.25) is 0 Å². The van der Waals surface area contributed by atoms with E-state index in [0.717, 1.165) is 5.56 Å². The number of carbonyl (C=O) groups excluding carboxylic acids is 2. The number of methoxy groups -OCH3 is 1. The van der Waals surface area contributed by atoms with Gasteiger partial charge in [0.05, 0.1) is 37.6 Å². The second-order valence-electron chi connectivity index (χ2n) is 11.1. The summed E-state index contributed by atoms with van der Waals surface area (Å²) in [7, 11) is -0.744. The number of benzene rings is 3. The number of aryl methyl sites for hydroxylation is 1. The number of fused-ring (bicyclic) bond motifs is 1. The highest BCUT2D eigenvalue weighted by atomic mass is 32.2. The van der Waals surface area contributed by atoms with Crippen molar-refractivity contribution in [1.29, 1.82) is 0 Å². The van der Waals surface area contributed by atoms with Crippen molar-refractivity contribution in [3.05, 3.63) is 77.9 Å². The van der Waals surface area contributed by atoms with Crippen LogP contribution in [0.4, 0.5) is 16.2 Å². The summed E-state index contributed by atoms with van der Waals surface area (Å²) < 4.78 is 39.6. The van der Waals surface area contributed by atoms with Gasteiger partial charge in [-0.1, -0.05) is 24.6 Å². The number of nitrogens with zero attached hydrogens (tertiary/aromatic N) is 2. The highest BCUT2D eigenvalue weighted by Crippen LogP contribution is 2.30. The number of aliphatic hydroxyl groups is 1. The van der Waals surface area contributed by atoms with Crippen LogP contribution in [0.1, 0.15) is 25.0 Å². The molecule has 0 unspecified atom stereocenters. The van der Waals surface area contributed by atoms with Crippen LogP contribution < -0.4 is 20.1 Å². The van der Waals surface area contributed by atoms with E-state index in [1.807, 2.05) is 13.8 Å². The minimum absolute atomic E-state index is 0.0244. The molecule has 0 saturated carbocycles. The fraction of sp³-hybridized carbons (Fsp3) is 0.375. The molecule has 3 aromatic carbocycles. The van der Waals surface area contributed by atoms with E-state index in [9.17, 15) is 23.1 Å². The van der Waals surface area contributed by atoms with Gasteiger partial charge in [0.2, 0.25) is 15.9 Å².